The third-order valence-corrected chi connectivity index (χ3v) is 5.52. The molecule has 0 bridgehead atoms. The van der Waals surface area contributed by atoms with Crippen LogP contribution < -0.4 is 14.4 Å². The Morgan fingerprint density at radius 2 is 1.86 bits per heavy atom. The second-order valence-electron chi connectivity index (χ2n) is 6.88. The molecule has 1 aromatic carbocycles. The van der Waals surface area contributed by atoms with Gasteiger partial charge in [-0.05, 0) is 12.1 Å². The van der Waals surface area contributed by atoms with Gasteiger partial charge in [0.05, 0.1) is 37.6 Å². The first-order chi connectivity index (χ1) is 14.1. The van der Waals surface area contributed by atoms with Crippen LogP contribution in [0.5, 0.6) is 11.5 Å². The van der Waals surface area contributed by atoms with Gasteiger partial charge >= 0.3 is 0 Å². The smallest absolute Gasteiger partial charge is 0.141 e. The molecule has 7 nitrogen and oxygen atoms in total. The van der Waals surface area contributed by atoms with E-state index in [-0.39, 0.29) is 0 Å². The van der Waals surface area contributed by atoms with Crippen LogP contribution in [0.4, 0.5) is 5.69 Å². The Balaban J connectivity index is 1.63. The van der Waals surface area contributed by atoms with Gasteiger partial charge in [-0.1, -0.05) is 11.6 Å². The summed E-state index contributed by atoms with van der Waals surface area (Å²) in [5.41, 5.74) is 3.58. The van der Waals surface area contributed by atoms with Crippen LogP contribution in [0.1, 0.15) is 0 Å². The Morgan fingerprint density at radius 1 is 1.10 bits per heavy atom. The Kier molecular flexibility index (Phi) is 5.47. The van der Waals surface area contributed by atoms with Gasteiger partial charge in [-0.3, -0.25) is 4.90 Å². The fraction of sp³-hybridized carbons (Fsp3) is 0.333. The summed E-state index contributed by atoms with van der Waals surface area (Å²) in [5.74, 6) is 1.22. The minimum Gasteiger partial charge on any atom is -0.496 e. The first-order valence-corrected chi connectivity index (χ1v) is 9.75. The molecule has 0 aliphatic carbocycles. The number of nitriles is 1. The predicted molar refractivity (Wildman–Crippen MR) is 113 cm³/mol. The third kappa shape index (κ3) is 3.82. The van der Waals surface area contributed by atoms with Crippen LogP contribution in [-0.2, 0) is 0 Å². The van der Waals surface area contributed by atoms with Crippen LogP contribution in [0.3, 0.4) is 0 Å². The number of hydrogen-bond acceptors (Lipinski definition) is 6. The lowest BCUT2D eigenvalue weighted by molar-refractivity contribution is 0.287. The fourth-order valence-electron chi connectivity index (χ4n) is 3.62. The second-order valence-corrected chi connectivity index (χ2v) is 7.29. The molecule has 1 fully saturated rings. The molecule has 0 unspecified atom stereocenters. The maximum atomic E-state index is 8.86. The molecule has 1 aliphatic rings. The molecule has 1 saturated heterocycles. The molecule has 4 rings (SSSR count). The summed E-state index contributed by atoms with van der Waals surface area (Å²) in [7, 11) is 3.19. The van der Waals surface area contributed by atoms with Crippen LogP contribution in [0.15, 0.2) is 36.7 Å². The quantitative estimate of drug-likeness (QED) is 0.600. The molecule has 29 heavy (non-hydrogen) atoms. The van der Waals surface area contributed by atoms with Gasteiger partial charge in [-0.2, -0.15) is 5.26 Å². The van der Waals surface area contributed by atoms with Crippen molar-refractivity contribution in [1.82, 2.24) is 14.3 Å². The van der Waals surface area contributed by atoms with E-state index in [0.29, 0.717) is 23.1 Å². The molecular weight excluding hydrogens is 390 g/mol. The monoisotopic (exact) mass is 411 g/mol. The second kappa shape index (κ2) is 8.19. The van der Waals surface area contributed by atoms with E-state index < -0.39 is 0 Å². The van der Waals surface area contributed by atoms with Crippen molar-refractivity contribution in [3.8, 4) is 28.8 Å². The van der Waals surface area contributed by atoms with Gasteiger partial charge in [-0.15, -0.1) is 0 Å². The molecule has 3 heterocycles. The number of imidazole rings is 1. The molecule has 0 N–H and O–H groups in total. The van der Waals surface area contributed by atoms with E-state index in [4.69, 9.17) is 31.3 Å². The first kappa shape index (κ1) is 19.4. The number of hydrogen-bond donors (Lipinski definition) is 0. The van der Waals surface area contributed by atoms with Gasteiger partial charge in [0.25, 0.3) is 0 Å². The number of methoxy groups -OCH3 is 2. The largest absolute Gasteiger partial charge is 0.496 e. The summed E-state index contributed by atoms with van der Waals surface area (Å²) in [6, 6.07) is 9.99. The van der Waals surface area contributed by atoms with E-state index in [9.17, 15) is 0 Å². The number of fused-ring (bicyclic) bond motifs is 1. The highest BCUT2D eigenvalue weighted by atomic mass is 35.5. The number of pyridine rings is 1. The minimum atomic E-state index is 0.489. The van der Waals surface area contributed by atoms with Crippen molar-refractivity contribution >= 4 is 22.9 Å². The van der Waals surface area contributed by atoms with Crippen molar-refractivity contribution in [2.24, 2.45) is 0 Å². The molecule has 0 spiro atoms. The van der Waals surface area contributed by atoms with Crippen LogP contribution in [-0.4, -0.2) is 61.2 Å². The number of benzene rings is 1. The highest BCUT2D eigenvalue weighted by Crippen LogP contribution is 2.38. The number of aromatic nitrogens is 2. The lowest BCUT2D eigenvalue weighted by atomic mass is 10.1. The van der Waals surface area contributed by atoms with E-state index in [1.54, 1.807) is 20.3 Å². The number of halogens is 1. The predicted octanol–water partition coefficient (Wildman–Crippen LogP) is 3.32. The number of rotatable bonds is 5. The van der Waals surface area contributed by atoms with Crippen molar-refractivity contribution in [1.29, 1.82) is 5.26 Å². The number of anilines is 1. The summed E-state index contributed by atoms with van der Waals surface area (Å²) in [6.45, 7) is 4.06. The molecule has 2 aromatic heterocycles. The molecule has 0 saturated carbocycles. The lowest BCUT2D eigenvalue weighted by Crippen LogP contribution is -2.46. The molecule has 1 aliphatic heterocycles. The molecule has 0 amide bonds. The van der Waals surface area contributed by atoms with Crippen LogP contribution >= 0.6 is 11.6 Å². The number of piperazine rings is 1. The zero-order valence-corrected chi connectivity index (χ0v) is 17.2. The maximum Gasteiger partial charge on any atom is 0.141 e. The summed E-state index contributed by atoms with van der Waals surface area (Å²) in [6.07, 6.45) is 3.98. The maximum absolute atomic E-state index is 8.86. The van der Waals surface area contributed by atoms with Crippen molar-refractivity contribution in [3.63, 3.8) is 0 Å². The summed E-state index contributed by atoms with van der Waals surface area (Å²) < 4.78 is 12.8. The Hall–Kier alpha value is -2.95. The molecule has 3 aromatic rings. The van der Waals surface area contributed by atoms with Gasteiger partial charge in [-0.25, -0.2) is 4.98 Å². The topological polar surface area (TPSA) is 66.0 Å². The highest BCUT2D eigenvalue weighted by molar-refractivity contribution is 6.32. The molecular formula is C21H22ClN5O2. The van der Waals surface area contributed by atoms with Gasteiger partial charge in [0.15, 0.2) is 0 Å². The van der Waals surface area contributed by atoms with E-state index in [1.165, 1.54) is 0 Å². The molecule has 0 atom stereocenters. The van der Waals surface area contributed by atoms with Crippen molar-refractivity contribution < 1.29 is 9.47 Å². The molecule has 150 valence electrons. The highest BCUT2D eigenvalue weighted by Gasteiger charge is 2.18. The molecule has 8 heteroatoms. The first-order valence-electron chi connectivity index (χ1n) is 9.38. The van der Waals surface area contributed by atoms with Crippen LogP contribution in [0, 0.1) is 11.3 Å². The average molecular weight is 412 g/mol. The summed E-state index contributed by atoms with van der Waals surface area (Å²) >= 11 is 6.32. The minimum absolute atomic E-state index is 0.489. The molecule has 0 radical (unpaired) electrons. The third-order valence-electron chi connectivity index (χ3n) is 5.23. The van der Waals surface area contributed by atoms with Gasteiger partial charge < -0.3 is 18.8 Å². The van der Waals surface area contributed by atoms with Gasteiger partial charge in [0, 0.05) is 62.0 Å². The van der Waals surface area contributed by atoms with Crippen molar-refractivity contribution in [3.05, 3.63) is 41.7 Å². The van der Waals surface area contributed by atoms with Crippen molar-refractivity contribution in [2.45, 2.75) is 0 Å². The zero-order valence-electron chi connectivity index (χ0n) is 16.4. The summed E-state index contributed by atoms with van der Waals surface area (Å²) in [5, 5.41) is 9.37. The van der Waals surface area contributed by atoms with E-state index in [0.717, 1.165) is 48.8 Å². The SMILES string of the molecule is COc1cc(OC)c(-c2cn3ccc(N4CCN(CC#N)CC4)cc3n2)cc1Cl. The number of nitrogens with zero attached hydrogens (tertiary/aromatic N) is 5. The number of ether oxygens (including phenoxy) is 2. The summed E-state index contributed by atoms with van der Waals surface area (Å²) in [4.78, 5) is 9.29. The fourth-order valence-corrected chi connectivity index (χ4v) is 3.86. The van der Waals surface area contributed by atoms with E-state index in [1.807, 2.05) is 22.9 Å². The van der Waals surface area contributed by atoms with Crippen molar-refractivity contribution in [2.75, 3.05) is 51.8 Å². The van der Waals surface area contributed by atoms with E-state index >= 15 is 0 Å². The zero-order chi connectivity index (χ0) is 20.4. The Bertz CT molecular complexity index is 1070. The lowest BCUT2D eigenvalue weighted by Gasteiger charge is -2.34. The normalized spacial score (nSPS) is 14.8. The average Bonchev–Trinajstić information content (AvgIpc) is 3.17. The Labute approximate surface area is 174 Å². The van der Waals surface area contributed by atoms with Crippen LogP contribution in [0.25, 0.3) is 16.9 Å². The van der Waals surface area contributed by atoms with E-state index in [2.05, 4.69) is 28.0 Å². The van der Waals surface area contributed by atoms with Crippen LogP contribution in [0.2, 0.25) is 5.02 Å². The standard InChI is InChI=1S/C21H22ClN5O2/c1-28-19-13-20(29-2)17(22)12-16(19)18-14-27-5-3-15(11-21(27)24-18)26-9-7-25(6-4-23)8-10-26/h3,5,11-14H,6-10H2,1-2H3. The van der Waals surface area contributed by atoms with Gasteiger partial charge in [0.2, 0.25) is 0 Å². The van der Waals surface area contributed by atoms with Gasteiger partial charge in [0.1, 0.15) is 17.1 Å². The Morgan fingerprint density at radius 3 is 2.55 bits per heavy atom.